The molecule has 0 atom stereocenters. The van der Waals surface area contributed by atoms with E-state index in [-0.39, 0.29) is 5.78 Å². The average Bonchev–Trinajstić information content (AvgIpc) is 3.08. The maximum absolute atomic E-state index is 12.7. The van der Waals surface area contributed by atoms with Crippen LogP contribution in [-0.2, 0) is 17.6 Å². The molecule has 0 saturated heterocycles. The Labute approximate surface area is 128 Å². The van der Waals surface area contributed by atoms with Crippen molar-refractivity contribution >= 4 is 17.1 Å². The lowest BCUT2D eigenvalue weighted by molar-refractivity contribution is 0.103. The second-order valence-corrected chi connectivity index (χ2v) is 6.22. The Bertz CT molecular complexity index is 624. The topological polar surface area (TPSA) is 35.5 Å². The Morgan fingerprint density at radius 3 is 2.90 bits per heavy atom. The predicted octanol–water partition coefficient (Wildman–Crippen LogP) is 3.49. The van der Waals surface area contributed by atoms with E-state index in [9.17, 15) is 4.79 Å². The van der Waals surface area contributed by atoms with Crippen molar-refractivity contribution in [3.63, 3.8) is 0 Å². The number of aryl methyl sites for hydroxylation is 2. The largest absolute Gasteiger partial charge is 0.490 e. The molecule has 0 bridgehead atoms. The summed E-state index contributed by atoms with van der Waals surface area (Å²) in [7, 11) is 1.63. The number of para-hydroxylation sites is 1. The zero-order valence-corrected chi connectivity index (χ0v) is 12.9. The third-order valence-corrected chi connectivity index (χ3v) is 4.88. The minimum atomic E-state index is 0.0578. The number of hydrogen-bond acceptors (Lipinski definition) is 4. The molecule has 3 rings (SSSR count). The van der Waals surface area contributed by atoms with E-state index in [1.54, 1.807) is 18.4 Å². The molecule has 0 radical (unpaired) electrons. The van der Waals surface area contributed by atoms with Crippen molar-refractivity contribution < 1.29 is 14.3 Å². The van der Waals surface area contributed by atoms with Gasteiger partial charge >= 0.3 is 0 Å². The van der Waals surface area contributed by atoms with Crippen LogP contribution in [-0.4, -0.2) is 26.1 Å². The number of ether oxygens (including phenoxy) is 2. The van der Waals surface area contributed by atoms with Crippen molar-refractivity contribution in [1.82, 2.24) is 0 Å². The van der Waals surface area contributed by atoms with Crippen LogP contribution in [0, 0.1) is 0 Å². The van der Waals surface area contributed by atoms with E-state index in [1.807, 2.05) is 24.3 Å². The number of fused-ring (bicyclic) bond motifs is 1. The molecular weight excluding hydrogens is 284 g/mol. The van der Waals surface area contributed by atoms with Gasteiger partial charge in [0.15, 0.2) is 0 Å². The number of hydrogen-bond donors (Lipinski definition) is 0. The smallest absolute Gasteiger partial charge is 0.206 e. The van der Waals surface area contributed by atoms with Crippen molar-refractivity contribution in [1.29, 1.82) is 0 Å². The molecule has 0 saturated carbocycles. The Balaban J connectivity index is 1.83. The van der Waals surface area contributed by atoms with Gasteiger partial charge in [-0.3, -0.25) is 4.79 Å². The lowest BCUT2D eigenvalue weighted by Gasteiger charge is -2.09. The summed E-state index contributed by atoms with van der Waals surface area (Å²) < 4.78 is 10.6. The number of methoxy groups -OCH3 is 1. The van der Waals surface area contributed by atoms with E-state index >= 15 is 0 Å². The van der Waals surface area contributed by atoms with Crippen molar-refractivity contribution in [2.75, 3.05) is 20.3 Å². The number of benzene rings is 1. The molecule has 0 amide bonds. The molecule has 4 heteroatoms. The van der Waals surface area contributed by atoms with Crippen LogP contribution in [0.3, 0.4) is 0 Å². The molecule has 0 N–H and O–H groups in total. The molecule has 2 aromatic rings. The van der Waals surface area contributed by atoms with Crippen LogP contribution in [0.25, 0.3) is 0 Å². The molecule has 1 heterocycles. The van der Waals surface area contributed by atoms with E-state index in [0.29, 0.717) is 24.5 Å². The average molecular weight is 302 g/mol. The molecule has 0 fully saturated rings. The summed E-state index contributed by atoms with van der Waals surface area (Å²) in [5.41, 5.74) is 1.98. The van der Waals surface area contributed by atoms with Crippen LogP contribution in [0.1, 0.15) is 32.1 Å². The highest BCUT2D eigenvalue weighted by Crippen LogP contribution is 2.33. The van der Waals surface area contributed by atoms with Crippen LogP contribution in [0.5, 0.6) is 5.75 Å². The standard InChI is InChI=1S/C17H18O3S/c1-19-9-10-20-14-7-3-2-6-13(14)17(18)16-11-12-5-4-8-15(12)21-16/h2-3,6-7,11H,4-5,8-10H2,1H3. The summed E-state index contributed by atoms with van der Waals surface area (Å²) in [5, 5.41) is 0. The number of ketones is 1. The zero-order chi connectivity index (χ0) is 14.7. The first-order chi connectivity index (χ1) is 10.3. The zero-order valence-electron chi connectivity index (χ0n) is 12.1. The van der Waals surface area contributed by atoms with Gasteiger partial charge in [-0.2, -0.15) is 0 Å². The van der Waals surface area contributed by atoms with Gasteiger partial charge in [0, 0.05) is 12.0 Å². The van der Waals surface area contributed by atoms with Crippen LogP contribution < -0.4 is 4.74 Å². The van der Waals surface area contributed by atoms with Crippen molar-refractivity contribution in [3.8, 4) is 5.75 Å². The first kappa shape index (κ1) is 14.3. The Morgan fingerprint density at radius 2 is 2.10 bits per heavy atom. The van der Waals surface area contributed by atoms with Gasteiger partial charge in [0.05, 0.1) is 17.0 Å². The summed E-state index contributed by atoms with van der Waals surface area (Å²) in [6, 6.07) is 9.48. The third kappa shape index (κ3) is 3.01. The van der Waals surface area contributed by atoms with Gasteiger partial charge in [0.2, 0.25) is 5.78 Å². The maximum atomic E-state index is 12.7. The Hall–Kier alpha value is -1.65. The summed E-state index contributed by atoms with van der Waals surface area (Å²) >= 11 is 1.63. The van der Waals surface area contributed by atoms with Gasteiger partial charge in [0.1, 0.15) is 12.4 Å². The highest BCUT2D eigenvalue weighted by atomic mass is 32.1. The van der Waals surface area contributed by atoms with Crippen LogP contribution in [0.4, 0.5) is 0 Å². The summed E-state index contributed by atoms with van der Waals surface area (Å²) in [4.78, 5) is 14.9. The van der Waals surface area contributed by atoms with Gasteiger partial charge in [-0.25, -0.2) is 0 Å². The summed E-state index contributed by atoms with van der Waals surface area (Å²) in [6.07, 6.45) is 3.43. The molecule has 110 valence electrons. The Kier molecular flexibility index (Phi) is 4.36. The second-order valence-electron chi connectivity index (χ2n) is 5.08. The molecule has 21 heavy (non-hydrogen) atoms. The number of thiophene rings is 1. The molecule has 1 aliphatic rings. The molecule has 0 aliphatic heterocycles. The monoisotopic (exact) mass is 302 g/mol. The van der Waals surface area contributed by atoms with Crippen molar-refractivity contribution in [2.45, 2.75) is 19.3 Å². The van der Waals surface area contributed by atoms with Crippen molar-refractivity contribution in [3.05, 3.63) is 51.2 Å². The minimum Gasteiger partial charge on any atom is -0.490 e. The van der Waals surface area contributed by atoms with Crippen LogP contribution in [0.2, 0.25) is 0 Å². The lowest BCUT2D eigenvalue weighted by atomic mass is 10.1. The minimum absolute atomic E-state index is 0.0578. The molecule has 1 aromatic heterocycles. The SMILES string of the molecule is COCCOc1ccccc1C(=O)c1cc2c(s1)CCC2. The lowest BCUT2D eigenvalue weighted by Crippen LogP contribution is -2.08. The number of carbonyl (C=O) groups excluding carboxylic acids is 1. The fourth-order valence-electron chi connectivity index (χ4n) is 2.59. The molecule has 0 unspecified atom stereocenters. The molecule has 1 aliphatic carbocycles. The highest BCUT2D eigenvalue weighted by Gasteiger charge is 2.21. The summed E-state index contributed by atoms with van der Waals surface area (Å²) in [6.45, 7) is 0.956. The molecule has 1 aromatic carbocycles. The van der Waals surface area contributed by atoms with Gasteiger partial charge in [0.25, 0.3) is 0 Å². The molecule has 0 spiro atoms. The van der Waals surface area contributed by atoms with Gasteiger partial charge in [-0.1, -0.05) is 12.1 Å². The van der Waals surface area contributed by atoms with E-state index in [1.165, 1.54) is 16.9 Å². The molecule has 3 nitrogen and oxygen atoms in total. The Morgan fingerprint density at radius 1 is 1.24 bits per heavy atom. The van der Waals surface area contributed by atoms with E-state index in [0.717, 1.165) is 17.7 Å². The van der Waals surface area contributed by atoms with Gasteiger partial charge in [-0.05, 0) is 43.0 Å². The maximum Gasteiger partial charge on any atom is 0.206 e. The quantitative estimate of drug-likeness (QED) is 0.605. The van der Waals surface area contributed by atoms with E-state index in [2.05, 4.69) is 6.07 Å². The van der Waals surface area contributed by atoms with E-state index < -0.39 is 0 Å². The fraction of sp³-hybridized carbons (Fsp3) is 0.353. The van der Waals surface area contributed by atoms with Gasteiger partial charge < -0.3 is 9.47 Å². The first-order valence-corrected chi connectivity index (χ1v) is 7.98. The number of rotatable bonds is 6. The normalized spacial score (nSPS) is 13.2. The first-order valence-electron chi connectivity index (χ1n) is 7.16. The highest BCUT2D eigenvalue weighted by molar-refractivity contribution is 7.14. The third-order valence-electron chi connectivity index (χ3n) is 3.65. The van der Waals surface area contributed by atoms with E-state index in [4.69, 9.17) is 9.47 Å². The fourth-order valence-corrected chi connectivity index (χ4v) is 3.80. The molecular formula is C17H18O3S. The predicted molar refractivity (Wildman–Crippen MR) is 83.6 cm³/mol. The van der Waals surface area contributed by atoms with Crippen LogP contribution in [0.15, 0.2) is 30.3 Å². The second kappa shape index (κ2) is 6.41. The van der Waals surface area contributed by atoms with Crippen molar-refractivity contribution in [2.24, 2.45) is 0 Å². The number of carbonyl (C=O) groups is 1. The summed E-state index contributed by atoms with van der Waals surface area (Å²) in [5.74, 6) is 0.690. The van der Waals surface area contributed by atoms with Gasteiger partial charge in [-0.15, -0.1) is 11.3 Å². The van der Waals surface area contributed by atoms with Crippen LogP contribution >= 0.6 is 11.3 Å².